The van der Waals surface area contributed by atoms with Gasteiger partial charge in [0.2, 0.25) is 0 Å². The fraction of sp³-hybridized carbons (Fsp3) is 0.412. The molecule has 0 saturated carbocycles. The second-order valence-electron chi connectivity index (χ2n) is 6.30. The minimum absolute atomic E-state index is 0.0966. The van der Waals surface area contributed by atoms with Crippen LogP contribution in [0.3, 0.4) is 0 Å². The van der Waals surface area contributed by atoms with Crippen molar-refractivity contribution in [3.05, 3.63) is 42.0 Å². The van der Waals surface area contributed by atoms with Gasteiger partial charge in [0.1, 0.15) is 0 Å². The Morgan fingerprint density at radius 2 is 2.08 bits per heavy atom. The van der Waals surface area contributed by atoms with Crippen LogP contribution in [-0.4, -0.2) is 46.2 Å². The number of hydrogen-bond donors (Lipinski definition) is 2. The van der Waals surface area contributed by atoms with E-state index in [9.17, 15) is 9.59 Å². The average Bonchev–Trinajstić information content (AvgIpc) is 3.06. The fourth-order valence-corrected chi connectivity index (χ4v) is 3.11. The molecule has 2 aromatic heterocycles. The molecule has 0 unspecified atom stereocenters. The number of nitrogens with two attached hydrogens (primary N) is 1. The molecule has 2 amide bonds. The van der Waals surface area contributed by atoms with Gasteiger partial charge in [0.05, 0.1) is 23.0 Å². The first kappa shape index (κ1) is 16.9. The maximum atomic E-state index is 12.1. The van der Waals surface area contributed by atoms with Gasteiger partial charge in [0.25, 0.3) is 11.8 Å². The van der Waals surface area contributed by atoms with Gasteiger partial charge >= 0.3 is 0 Å². The van der Waals surface area contributed by atoms with Crippen LogP contribution in [0.5, 0.6) is 0 Å². The monoisotopic (exact) mass is 342 g/mol. The molecular formula is C17H22N6O2. The molecule has 0 spiro atoms. The van der Waals surface area contributed by atoms with Crippen molar-refractivity contribution in [2.24, 2.45) is 18.7 Å². The average molecular weight is 342 g/mol. The van der Waals surface area contributed by atoms with Gasteiger partial charge in [-0.15, -0.1) is 0 Å². The van der Waals surface area contributed by atoms with E-state index in [0.29, 0.717) is 23.6 Å². The Morgan fingerprint density at radius 1 is 1.32 bits per heavy atom. The standard InChI is InChI=1S/C17H22N6O2/c1-22-11-13(9-21-22)17(25)20-8-12-3-6-23(7-4-12)15-2-5-19-10-14(15)16(18)24/h2,5,9-12H,3-4,6-8H2,1H3,(H2,18,24)(H,20,25). The quantitative estimate of drug-likeness (QED) is 0.826. The Kier molecular flexibility index (Phi) is 4.97. The lowest BCUT2D eigenvalue weighted by Gasteiger charge is -2.34. The SMILES string of the molecule is Cn1cc(C(=O)NCC2CCN(c3ccncc3C(N)=O)CC2)cn1. The summed E-state index contributed by atoms with van der Waals surface area (Å²) in [7, 11) is 1.78. The van der Waals surface area contributed by atoms with Crippen LogP contribution in [0.15, 0.2) is 30.9 Å². The predicted molar refractivity (Wildman–Crippen MR) is 93.2 cm³/mol. The molecule has 0 bridgehead atoms. The highest BCUT2D eigenvalue weighted by atomic mass is 16.2. The number of primary amides is 1. The zero-order valence-electron chi connectivity index (χ0n) is 14.2. The molecule has 1 aliphatic heterocycles. The number of carbonyl (C=O) groups is 2. The van der Waals surface area contributed by atoms with E-state index in [1.807, 2.05) is 6.07 Å². The topological polar surface area (TPSA) is 106 Å². The van der Waals surface area contributed by atoms with Crippen molar-refractivity contribution in [1.82, 2.24) is 20.1 Å². The van der Waals surface area contributed by atoms with Crippen LogP contribution >= 0.6 is 0 Å². The van der Waals surface area contributed by atoms with Gasteiger partial charge in [0, 0.05) is 45.3 Å². The van der Waals surface area contributed by atoms with Gasteiger partial charge in [-0.1, -0.05) is 0 Å². The Morgan fingerprint density at radius 3 is 2.72 bits per heavy atom. The summed E-state index contributed by atoms with van der Waals surface area (Å²) in [6, 6.07) is 1.82. The summed E-state index contributed by atoms with van der Waals surface area (Å²) < 4.78 is 1.61. The Hall–Kier alpha value is -2.90. The molecular weight excluding hydrogens is 320 g/mol. The summed E-state index contributed by atoms with van der Waals surface area (Å²) in [5, 5.41) is 6.98. The second kappa shape index (κ2) is 7.33. The summed E-state index contributed by atoms with van der Waals surface area (Å²) in [6.45, 7) is 2.27. The molecule has 2 aromatic rings. The van der Waals surface area contributed by atoms with Gasteiger partial charge in [0.15, 0.2) is 0 Å². The van der Waals surface area contributed by atoms with Crippen LogP contribution in [0.4, 0.5) is 5.69 Å². The van der Waals surface area contributed by atoms with E-state index in [1.165, 1.54) is 6.20 Å². The van der Waals surface area contributed by atoms with E-state index in [-0.39, 0.29) is 5.91 Å². The van der Waals surface area contributed by atoms with Crippen molar-refractivity contribution >= 4 is 17.5 Å². The number of pyridine rings is 1. The zero-order valence-corrected chi connectivity index (χ0v) is 14.2. The molecule has 8 heteroatoms. The predicted octanol–water partition coefficient (Wildman–Crippen LogP) is 0.560. The molecule has 0 atom stereocenters. The van der Waals surface area contributed by atoms with Gasteiger partial charge in [-0.25, -0.2) is 0 Å². The Bertz CT molecular complexity index is 764. The highest BCUT2D eigenvalue weighted by molar-refractivity contribution is 5.98. The molecule has 0 aliphatic carbocycles. The van der Waals surface area contributed by atoms with Crippen LogP contribution in [0.1, 0.15) is 33.6 Å². The van der Waals surface area contributed by atoms with Crippen LogP contribution in [-0.2, 0) is 7.05 Å². The normalized spacial score (nSPS) is 15.2. The van der Waals surface area contributed by atoms with Crippen molar-refractivity contribution in [1.29, 1.82) is 0 Å². The summed E-state index contributed by atoms with van der Waals surface area (Å²) in [5.74, 6) is -0.148. The van der Waals surface area contributed by atoms with E-state index >= 15 is 0 Å². The van der Waals surface area contributed by atoms with E-state index in [2.05, 4.69) is 20.3 Å². The summed E-state index contributed by atoms with van der Waals surface area (Å²) in [6.07, 6.45) is 8.32. The Labute approximate surface area is 146 Å². The van der Waals surface area contributed by atoms with Gasteiger partial charge in [-0.3, -0.25) is 19.3 Å². The zero-order chi connectivity index (χ0) is 17.8. The first-order chi connectivity index (χ1) is 12.0. The number of amides is 2. The third kappa shape index (κ3) is 3.96. The third-order valence-electron chi connectivity index (χ3n) is 4.54. The molecule has 25 heavy (non-hydrogen) atoms. The van der Waals surface area contributed by atoms with Crippen LogP contribution < -0.4 is 16.0 Å². The largest absolute Gasteiger partial charge is 0.371 e. The Balaban J connectivity index is 1.52. The van der Waals surface area contributed by atoms with Crippen molar-refractivity contribution in [3.8, 4) is 0 Å². The number of nitrogens with one attached hydrogen (secondary N) is 1. The third-order valence-corrected chi connectivity index (χ3v) is 4.54. The number of hydrogen-bond acceptors (Lipinski definition) is 5. The molecule has 3 rings (SSSR count). The van der Waals surface area contributed by atoms with E-state index < -0.39 is 5.91 Å². The van der Waals surface area contributed by atoms with Gasteiger partial charge in [-0.05, 0) is 24.8 Å². The maximum Gasteiger partial charge on any atom is 0.254 e. The molecule has 0 radical (unpaired) electrons. The molecule has 1 fully saturated rings. The molecule has 3 heterocycles. The lowest BCUT2D eigenvalue weighted by atomic mass is 9.96. The first-order valence-corrected chi connectivity index (χ1v) is 8.30. The summed E-state index contributed by atoms with van der Waals surface area (Å²) in [4.78, 5) is 29.7. The molecule has 1 saturated heterocycles. The fourth-order valence-electron chi connectivity index (χ4n) is 3.11. The van der Waals surface area contributed by atoms with Crippen LogP contribution in [0.2, 0.25) is 0 Å². The summed E-state index contributed by atoms with van der Waals surface area (Å²) in [5.41, 5.74) is 7.28. The number of aromatic nitrogens is 3. The van der Waals surface area contributed by atoms with Gasteiger partial charge in [-0.2, -0.15) is 5.10 Å². The van der Waals surface area contributed by atoms with Crippen LogP contribution in [0, 0.1) is 5.92 Å². The van der Waals surface area contributed by atoms with Crippen molar-refractivity contribution in [3.63, 3.8) is 0 Å². The number of carbonyl (C=O) groups excluding carboxylic acids is 2. The van der Waals surface area contributed by atoms with Crippen molar-refractivity contribution < 1.29 is 9.59 Å². The molecule has 0 aromatic carbocycles. The molecule has 8 nitrogen and oxygen atoms in total. The number of nitrogens with zero attached hydrogens (tertiary/aromatic N) is 4. The highest BCUT2D eigenvalue weighted by Crippen LogP contribution is 2.25. The first-order valence-electron chi connectivity index (χ1n) is 8.30. The van der Waals surface area contributed by atoms with Crippen molar-refractivity contribution in [2.45, 2.75) is 12.8 Å². The van der Waals surface area contributed by atoms with E-state index in [0.717, 1.165) is 31.6 Å². The smallest absolute Gasteiger partial charge is 0.254 e. The number of aryl methyl sites for hydroxylation is 1. The number of anilines is 1. The van der Waals surface area contributed by atoms with E-state index in [4.69, 9.17) is 5.73 Å². The summed E-state index contributed by atoms with van der Waals surface area (Å²) >= 11 is 0. The lowest BCUT2D eigenvalue weighted by molar-refractivity contribution is 0.0943. The van der Waals surface area contributed by atoms with E-state index in [1.54, 1.807) is 30.3 Å². The maximum absolute atomic E-state index is 12.1. The number of piperidine rings is 1. The van der Waals surface area contributed by atoms with Crippen LogP contribution in [0.25, 0.3) is 0 Å². The lowest BCUT2D eigenvalue weighted by Crippen LogP contribution is -2.39. The highest BCUT2D eigenvalue weighted by Gasteiger charge is 2.23. The van der Waals surface area contributed by atoms with Crippen molar-refractivity contribution in [2.75, 3.05) is 24.5 Å². The molecule has 132 valence electrons. The second-order valence-corrected chi connectivity index (χ2v) is 6.30. The minimum Gasteiger partial charge on any atom is -0.371 e. The minimum atomic E-state index is -0.464. The number of rotatable bonds is 5. The molecule has 3 N–H and O–H groups in total. The molecule has 1 aliphatic rings. The van der Waals surface area contributed by atoms with Gasteiger partial charge < -0.3 is 16.0 Å².